The van der Waals surface area contributed by atoms with E-state index in [1.54, 1.807) is 0 Å². The van der Waals surface area contributed by atoms with Gasteiger partial charge in [-0.3, -0.25) is 0 Å². The third kappa shape index (κ3) is 3.72. The Labute approximate surface area is 109 Å². The van der Waals surface area contributed by atoms with Crippen LogP contribution < -0.4 is 5.32 Å². The number of nitrogens with one attached hydrogen (secondary N) is 1. The van der Waals surface area contributed by atoms with Crippen LogP contribution in [0.25, 0.3) is 0 Å². The van der Waals surface area contributed by atoms with Crippen molar-refractivity contribution in [3.63, 3.8) is 0 Å². The maximum absolute atomic E-state index is 12.4. The Kier molecular flexibility index (Phi) is 3.83. The van der Waals surface area contributed by atoms with Crippen LogP contribution in [-0.2, 0) is 6.18 Å². The number of hydrogen-bond donors (Lipinski definition) is 2. The Balaban J connectivity index is 2.12. The lowest BCUT2D eigenvalue weighted by Crippen LogP contribution is -2.40. The molecule has 1 aliphatic heterocycles. The molecule has 0 aromatic heterocycles. The van der Waals surface area contributed by atoms with E-state index >= 15 is 0 Å². The van der Waals surface area contributed by atoms with Crippen molar-refractivity contribution in [2.24, 2.45) is 0 Å². The Hall–Kier alpha value is -1.51. The van der Waals surface area contributed by atoms with Gasteiger partial charge in [-0.2, -0.15) is 13.2 Å². The van der Waals surface area contributed by atoms with E-state index in [0.29, 0.717) is 31.5 Å². The molecule has 19 heavy (non-hydrogen) atoms. The van der Waals surface area contributed by atoms with Crippen molar-refractivity contribution in [3.05, 3.63) is 35.4 Å². The van der Waals surface area contributed by atoms with Gasteiger partial charge in [-0.05, 0) is 50.2 Å². The Morgan fingerprint density at radius 1 is 1.11 bits per heavy atom. The number of alkyl halides is 3. The van der Waals surface area contributed by atoms with E-state index in [-0.39, 0.29) is 0 Å². The zero-order valence-electron chi connectivity index (χ0n) is 10.2. The van der Waals surface area contributed by atoms with Crippen LogP contribution in [0.1, 0.15) is 24.0 Å². The van der Waals surface area contributed by atoms with Gasteiger partial charge in [-0.15, -0.1) is 0 Å². The molecule has 1 fully saturated rings. The molecule has 102 valence electrons. The number of rotatable bonds is 0. The number of halogens is 3. The van der Waals surface area contributed by atoms with Gasteiger partial charge in [0.25, 0.3) is 0 Å². The van der Waals surface area contributed by atoms with Crippen LogP contribution in [0.5, 0.6) is 0 Å². The summed E-state index contributed by atoms with van der Waals surface area (Å²) in [7, 11) is 0. The van der Waals surface area contributed by atoms with E-state index in [0.717, 1.165) is 12.1 Å². The zero-order valence-corrected chi connectivity index (χ0v) is 10.2. The summed E-state index contributed by atoms with van der Waals surface area (Å²) < 4.78 is 37.1. The van der Waals surface area contributed by atoms with E-state index in [1.165, 1.54) is 12.1 Å². The summed E-state index contributed by atoms with van der Waals surface area (Å²) in [5.74, 6) is 5.50. The second-order valence-electron chi connectivity index (χ2n) is 4.61. The smallest absolute Gasteiger partial charge is 0.377 e. The predicted molar refractivity (Wildman–Crippen MR) is 65.4 cm³/mol. The molecule has 2 nitrogen and oxygen atoms in total. The van der Waals surface area contributed by atoms with Crippen molar-refractivity contribution in [2.75, 3.05) is 13.1 Å². The SMILES string of the molecule is OC1(C#Cc2ccc(C(F)(F)F)cc2)CCNCC1. The first-order valence-electron chi connectivity index (χ1n) is 6.03. The quantitative estimate of drug-likeness (QED) is 0.707. The highest BCUT2D eigenvalue weighted by atomic mass is 19.4. The van der Waals surface area contributed by atoms with Crippen LogP contribution >= 0.6 is 0 Å². The minimum atomic E-state index is -4.33. The minimum absolute atomic E-state index is 0.472. The highest BCUT2D eigenvalue weighted by Crippen LogP contribution is 2.29. The number of piperidine rings is 1. The highest BCUT2D eigenvalue weighted by molar-refractivity contribution is 5.38. The second kappa shape index (κ2) is 5.24. The van der Waals surface area contributed by atoms with Gasteiger partial charge in [-0.1, -0.05) is 11.8 Å². The molecule has 2 N–H and O–H groups in total. The molecular formula is C14H14F3NO. The number of aliphatic hydroxyl groups is 1. The maximum atomic E-state index is 12.4. The van der Waals surface area contributed by atoms with Gasteiger partial charge in [0.2, 0.25) is 0 Å². The summed E-state index contributed by atoms with van der Waals surface area (Å²) in [6.07, 6.45) is -3.28. The van der Waals surface area contributed by atoms with E-state index in [1.807, 2.05) is 0 Å². The first-order valence-corrected chi connectivity index (χ1v) is 6.03. The average molecular weight is 269 g/mol. The topological polar surface area (TPSA) is 32.3 Å². The van der Waals surface area contributed by atoms with Gasteiger partial charge in [0.1, 0.15) is 5.60 Å². The molecular weight excluding hydrogens is 255 g/mol. The molecule has 1 heterocycles. The molecule has 5 heteroatoms. The number of benzene rings is 1. The van der Waals surface area contributed by atoms with E-state index < -0.39 is 17.3 Å². The first-order chi connectivity index (χ1) is 8.89. The van der Waals surface area contributed by atoms with Crippen molar-refractivity contribution < 1.29 is 18.3 Å². The lowest BCUT2D eigenvalue weighted by molar-refractivity contribution is -0.137. The van der Waals surface area contributed by atoms with Crippen LogP contribution in [0.15, 0.2) is 24.3 Å². The van der Waals surface area contributed by atoms with Gasteiger partial charge in [0.15, 0.2) is 0 Å². The van der Waals surface area contributed by atoms with Crippen LogP contribution in [0.3, 0.4) is 0 Å². The third-order valence-electron chi connectivity index (χ3n) is 3.08. The van der Waals surface area contributed by atoms with Crippen molar-refractivity contribution >= 4 is 0 Å². The largest absolute Gasteiger partial charge is 0.416 e. The van der Waals surface area contributed by atoms with Gasteiger partial charge in [0.05, 0.1) is 5.56 Å². The van der Waals surface area contributed by atoms with E-state index in [9.17, 15) is 18.3 Å². The van der Waals surface area contributed by atoms with Gasteiger partial charge < -0.3 is 10.4 Å². The Morgan fingerprint density at radius 2 is 1.68 bits per heavy atom. The summed E-state index contributed by atoms with van der Waals surface area (Å²) in [6, 6.07) is 4.63. The Bertz CT molecular complexity index is 490. The fraction of sp³-hybridized carbons (Fsp3) is 0.429. The summed E-state index contributed by atoms with van der Waals surface area (Å²) >= 11 is 0. The van der Waals surface area contributed by atoms with Crippen molar-refractivity contribution in [1.82, 2.24) is 5.32 Å². The van der Waals surface area contributed by atoms with E-state index in [2.05, 4.69) is 17.2 Å². The van der Waals surface area contributed by atoms with Gasteiger partial charge in [0, 0.05) is 5.56 Å². The summed E-state index contributed by atoms with van der Waals surface area (Å²) in [4.78, 5) is 0. The van der Waals surface area contributed by atoms with Crippen molar-refractivity contribution in [3.8, 4) is 11.8 Å². The minimum Gasteiger partial charge on any atom is -0.377 e. The molecule has 0 amide bonds. The predicted octanol–water partition coefficient (Wildman–Crippen LogP) is 2.17. The fourth-order valence-corrected chi connectivity index (χ4v) is 1.90. The average Bonchev–Trinajstić information content (AvgIpc) is 2.37. The molecule has 1 aromatic rings. The molecule has 0 unspecified atom stereocenters. The van der Waals surface area contributed by atoms with Crippen LogP contribution in [0, 0.1) is 11.8 Å². The molecule has 1 saturated heterocycles. The molecule has 0 spiro atoms. The lowest BCUT2D eigenvalue weighted by Gasteiger charge is -2.27. The molecule has 1 aliphatic rings. The maximum Gasteiger partial charge on any atom is 0.416 e. The van der Waals surface area contributed by atoms with Gasteiger partial charge >= 0.3 is 6.18 Å². The molecule has 0 aliphatic carbocycles. The highest BCUT2D eigenvalue weighted by Gasteiger charge is 2.30. The third-order valence-corrected chi connectivity index (χ3v) is 3.08. The summed E-state index contributed by atoms with van der Waals surface area (Å²) in [6.45, 7) is 1.39. The first kappa shape index (κ1) is 13.9. The molecule has 0 radical (unpaired) electrons. The van der Waals surface area contributed by atoms with E-state index in [4.69, 9.17) is 0 Å². The fourth-order valence-electron chi connectivity index (χ4n) is 1.90. The summed E-state index contributed by atoms with van der Waals surface area (Å²) in [5, 5.41) is 13.2. The van der Waals surface area contributed by atoms with Crippen molar-refractivity contribution in [1.29, 1.82) is 0 Å². The van der Waals surface area contributed by atoms with Crippen LogP contribution in [0.4, 0.5) is 13.2 Å². The Morgan fingerprint density at radius 3 is 2.21 bits per heavy atom. The molecule has 2 rings (SSSR count). The lowest BCUT2D eigenvalue weighted by atomic mass is 9.93. The standard InChI is InChI=1S/C14H14F3NO/c15-14(16,17)12-3-1-11(2-4-12)5-6-13(19)7-9-18-10-8-13/h1-4,18-19H,7-10H2. The molecule has 0 atom stereocenters. The normalized spacial score (nSPS) is 18.5. The second-order valence-corrected chi connectivity index (χ2v) is 4.61. The summed E-state index contributed by atoms with van der Waals surface area (Å²) in [5.41, 5.74) is -1.26. The number of hydrogen-bond acceptors (Lipinski definition) is 2. The van der Waals surface area contributed by atoms with Crippen molar-refractivity contribution in [2.45, 2.75) is 24.6 Å². The zero-order chi connectivity index (χ0) is 13.9. The molecule has 1 aromatic carbocycles. The molecule has 0 bridgehead atoms. The van der Waals surface area contributed by atoms with Gasteiger partial charge in [-0.25, -0.2) is 0 Å². The monoisotopic (exact) mass is 269 g/mol. The molecule has 0 saturated carbocycles. The van der Waals surface area contributed by atoms with Crippen LogP contribution in [-0.4, -0.2) is 23.8 Å². The van der Waals surface area contributed by atoms with Crippen LogP contribution in [0.2, 0.25) is 0 Å².